The number of likely N-dealkylation sites (tertiary alicyclic amines) is 1. The number of benzene rings is 1. The van der Waals surface area contributed by atoms with E-state index in [1.54, 1.807) is 17.1 Å². The number of aryl methyl sites for hydroxylation is 2. The number of fused-ring (bicyclic) bond motifs is 1. The normalized spacial score (nSPS) is 31.8. The summed E-state index contributed by atoms with van der Waals surface area (Å²) in [6.45, 7) is 15.3. The maximum absolute atomic E-state index is 14.5. The SMILES string of the molecule is C=CCCOC(=O)[C@@H]1[C@H]2C(=O)N(CCO)C(C(=O)N(CC=C)c3c(C)cccc3C)C23CC(C)[C@@]1(C)O3. The van der Waals surface area contributed by atoms with Crippen molar-refractivity contribution < 1.29 is 29.0 Å². The molecule has 1 aromatic rings. The second-order valence-corrected chi connectivity index (χ2v) is 10.7. The zero-order chi connectivity index (χ0) is 27.1. The molecule has 4 rings (SSSR count). The lowest BCUT2D eigenvalue weighted by Crippen LogP contribution is -2.57. The molecule has 3 aliphatic heterocycles. The fourth-order valence-corrected chi connectivity index (χ4v) is 6.86. The summed E-state index contributed by atoms with van der Waals surface area (Å²) < 4.78 is 12.2. The first-order chi connectivity index (χ1) is 17.6. The molecule has 3 aliphatic rings. The molecule has 8 nitrogen and oxygen atoms in total. The summed E-state index contributed by atoms with van der Waals surface area (Å²) >= 11 is 0. The Morgan fingerprint density at radius 3 is 2.54 bits per heavy atom. The number of amides is 2. The minimum absolute atomic E-state index is 0.0329. The first-order valence-corrected chi connectivity index (χ1v) is 13.0. The monoisotopic (exact) mass is 510 g/mol. The Kier molecular flexibility index (Phi) is 7.36. The molecular formula is C29H38N2O6. The number of rotatable bonds is 10. The number of nitrogens with zero attached hydrogens (tertiary/aromatic N) is 2. The van der Waals surface area contributed by atoms with Crippen molar-refractivity contribution >= 4 is 23.5 Å². The number of aliphatic hydroxyl groups is 1. The minimum atomic E-state index is -1.20. The number of para-hydroxylation sites is 1. The van der Waals surface area contributed by atoms with Gasteiger partial charge < -0.3 is 24.4 Å². The van der Waals surface area contributed by atoms with E-state index in [4.69, 9.17) is 9.47 Å². The van der Waals surface area contributed by atoms with Crippen LogP contribution < -0.4 is 4.90 Å². The molecule has 37 heavy (non-hydrogen) atoms. The fraction of sp³-hybridized carbons (Fsp3) is 0.552. The molecule has 0 radical (unpaired) electrons. The molecular weight excluding hydrogens is 472 g/mol. The molecule has 0 saturated carbocycles. The van der Waals surface area contributed by atoms with Crippen LogP contribution >= 0.6 is 0 Å². The molecule has 3 unspecified atom stereocenters. The molecule has 200 valence electrons. The smallest absolute Gasteiger partial charge is 0.312 e. The van der Waals surface area contributed by atoms with Crippen LogP contribution in [0.1, 0.15) is 37.8 Å². The van der Waals surface area contributed by atoms with E-state index in [0.29, 0.717) is 12.8 Å². The third-order valence-electron chi connectivity index (χ3n) is 8.50. The van der Waals surface area contributed by atoms with Crippen LogP contribution in [0.5, 0.6) is 0 Å². The minimum Gasteiger partial charge on any atom is -0.465 e. The number of β-amino-alcohol motifs (C(OH)–C–C–N with tert-alkyl or cyclic N) is 1. The van der Waals surface area contributed by atoms with Crippen molar-refractivity contribution in [2.45, 2.75) is 57.8 Å². The molecule has 0 aliphatic carbocycles. The van der Waals surface area contributed by atoms with E-state index in [0.717, 1.165) is 16.8 Å². The topological polar surface area (TPSA) is 96.4 Å². The number of hydrogen-bond acceptors (Lipinski definition) is 6. The van der Waals surface area contributed by atoms with Gasteiger partial charge in [-0.1, -0.05) is 37.3 Å². The van der Waals surface area contributed by atoms with Gasteiger partial charge in [0.25, 0.3) is 5.91 Å². The Hall–Kier alpha value is -2.97. The van der Waals surface area contributed by atoms with Crippen LogP contribution in [-0.2, 0) is 23.9 Å². The van der Waals surface area contributed by atoms with E-state index in [1.807, 2.05) is 45.9 Å². The van der Waals surface area contributed by atoms with Crippen LogP contribution in [-0.4, -0.2) is 71.3 Å². The van der Waals surface area contributed by atoms with Gasteiger partial charge in [-0.15, -0.1) is 13.2 Å². The average molecular weight is 511 g/mol. The molecule has 3 saturated heterocycles. The van der Waals surface area contributed by atoms with Gasteiger partial charge in [0.2, 0.25) is 5.91 Å². The highest BCUT2D eigenvalue weighted by Gasteiger charge is 2.80. The number of hydrogen-bond donors (Lipinski definition) is 1. The molecule has 3 fully saturated rings. The molecule has 2 bridgehead atoms. The molecule has 6 atom stereocenters. The zero-order valence-electron chi connectivity index (χ0n) is 22.2. The van der Waals surface area contributed by atoms with Crippen molar-refractivity contribution in [2.75, 3.05) is 31.2 Å². The van der Waals surface area contributed by atoms with Crippen molar-refractivity contribution in [3.05, 3.63) is 54.6 Å². The van der Waals surface area contributed by atoms with Gasteiger partial charge in [-0.3, -0.25) is 14.4 Å². The molecule has 8 heteroatoms. The maximum atomic E-state index is 14.5. The van der Waals surface area contributed by atoms with Gasteiger partial charge in [-0.2, -0.15) is 0 Å². The number of esters is 1. The Morgan fingerprint density at radius 2 is 1.95 bits per heavy atom. The van der Waals surface area contributed by atoms with Gasteiger partial charge in [0.05, 0.1) is 24.7 Å². The maximum Gasteiger partial charge on any atom is 0.312 e. The number of carbonyl (C=O) groups is 3. The predicted octanol–water partition coefficient (Wildman–Crippen LogP) is 2.94. The van der Waals surface area contributed by atoms with Crippen LogP contribution in [0.15, 0.2) is 43.5 Å². The quantitative estimate of drug-likeness (QED) is 0.295. The standard InChI is InChI=1S/C29H38N2O6/c1-7-9-16-36-27(35)22-21-25(33)31(14-15-32)24(29(21)17-20(5)28(22,6)37-29)26(34)30(13-8-2)23-18(3)11-10-12-19(23)4/h7-8,10-12,20-22,24,32H,1-2,9,13-17H2,3-6H3/t20?,21-,22-,24?,28+,29?/m0/s1. The van der Waals surface area contributed by atoms with Crippen LogP contribution in [0.2, 0.25) is 0 Å². The van der Waals surface area contributed by atoms with E-state index in [2.05, 4.69) is 13.2 Å². The first kappa shape index (κ1) is 27.1. The predicted molar refractivity (Wildman–Crippen MR) is 140 cm³/mol. The Morgan fingerprint density at radius 1 is 1.27 bits per heavy atom. The summed E-state index contributed by atoms with van der Waals surface area (Å²) in [4.78, 5) is 44.9. The summed E-state index contributed by atoms with van der Waals surface area (Å²) in [7, 11) is 0. The number of ether oxygens (including phenoxy) is 2. The number of anilines is 1. The lowest BCUT2D eigenvalue weighted by Gasteiger charge is -2.37. The molecule has 1 spiro atoms. The molecule has 0 aromatic heterocycles. The molecule has 1 N–H and O–H groups in total. The van der Waals surface area contributed by atoms with E-state index in [1.165, 1.54) is 4.90 Å². The van der Waals surface area contributed by atoms with Crippen molar-refractivity contribution in [1.29, 1.82) is 0 Å². The zero-order valence-corrected chi connectivity index (χ0v) is 22.2. The lowest BCUT2D eigenvalue weighted by molar-refractivity contribution is -0.161. The highest BCUT2D eigenvalue weighted by atomic mass is 16.6. The van der Waals surface area contributed by atoms with Gasteiger partial charge in [0, 0.05) is 18.8 Å². The summed E-state index contributed by atoms with van der Waals surface area (Å²) in [5.41, 5.74) is 0.453. The van der Waals surface area contributed by atoms with Gasteiger partial charge >= 0.3 is 5.97 Å². The number of aliphatic hydroxyl groups excluding tert-OH is 1. The van der Waals surface area contributed by atoms with Crippen molar-refractivity contribution in [3.63, 3.8) is 0 Å². The van der Waals surface area contributed by atoms with Gasteiger partial charge in [0.1, 0.15) is 17.6 Å². The number of carbonyl (C=O) groups excluding carboxylic acids is 3. The molecule has 3 heterocycles. The third-order valence-corrected chi connectivity index (χ3v) is 8.50. The third kappa shape index (κ3) is 4.01. The molecule has 1 aromatic carbocycles. The van der Waals surface area contributed by atoms with E-state index in [-0.39, 0.29) is 44.0 Å². The Bertz CT molecular complexity index is 1100. The first-order valence-electron chi connectivity index (χ1n) is 13.0. The van der Waals surface area contributed by atoms with Crippen LogP contribution in [0.3, 0.4) is 0 Å². The van der Waals surface area contributed by atoms with Crippen molar-refractivity contribution in [2.24, 2.45) is 17.8 Å². The van der Waals surface area contributed by atoms with Crippen LogP contribution in [0.4, 0.5) is 5.69 Å². The average Bonchev–Trinajstić information content (AvgIpc) is 3.35. The van der Waals surface area contributed by atoms with Gasteiger partial charge in [0.15, 0.2) is 0 Å². The Balaban J connectivity index is 1.81. The van der Waals surface area contributed by atoms with Crippen LogP contribution in [0, 0.1) is 31.6 Å². The van der Waals surface area contributed by atoms with Gasteiger partial charge in [-0.25, -0.2) is 0 Å². The lowest BCUT2D eigenvalue weighted by atomic mass is 9.62. The second-order valence-electron chi connectivity index (χ2n) is 10.7. The summed E-state index contributed by atoms with van der Waals surface area (Å²) in [5.74, 6) is -2.96. The summed E-state index contributed by atoms with van der Waals surface area (Å²) in [6.07, 6.45) is 4.27. The highest BCUT2D eigenvalue weighted by Crippen LogP contribution is 2.65. The summed E-state index contributed by atoms with van der Waals surface area (Å²) in [5, 5.41) is 9.87. The van der Waals surface area contributed by atoms with Crippen molar-refractivity contribution in [1.82, 2.24) is 4.90 Å². The largest absolute Gasteiger partial charge is 0.465 e. The van der Waals surface area contributed by atoms with Crippen LogP contribution in [0.25, 0.3) is 0 Å². The highest BCUT2D eigenvalue weighted by molar-refractivity contribution is 6.05. The molecule has 2 amide bonds. The van der Waals surface area contributed by atoms with Gasteiger partial charge in [-0.05, 0) is 50.7 Å². The van der Waals surface area contributed by atoms with E-state index < -0.39 is 35.0 Å². The summed E-state index contributed by atoms with van der Waals surface area (Å²) in [6, 6.07) is 4.82. The fourth-order valence-electron chi connectivity index (χ4n) is 6.86. The van der Waals surface area contributed by atoms with E-state index in [9.17, 15) is 19.5 Å². The van der Waals surface area contributed by atoms with Crippen molar-refractivity contribution in [3.8, 4) is 0 Å². The second kappa shape index (κ2) is 10.1. The van der Waals surface area contributed by atoms with E-state index >= 15 is 0 Å². The Labute approximate surface area is 218 Å².